The zero-order valence-corrected chi connectivity index (χ0v) is 24.3. The molecule has 3 aromatic rings. The van der Waals surface area contributed by atoms with E-state index in [1.54, 1.807) is 0 Å². The van der Waals surface area contributed by atoms with Crippen molar-refractivity contribution in [2.24, 2.45) is 16.1 Å². The molecule has 1 N–H and O–H groups in total. The molecule has 0 bridgehead atoms. The van der Waals surface area contributed by atoms with E-state index in [-0.39, 0.29) is 11.4 Å². The van der Waals surface area contributed by atoms with E-state index in [0.717, 1.165) is 84.1 Å². The molecule has 1 saturated heterocycles. The second-order valence-corrected chi connectivity index (χ2v) is 12.1. The number of hydrogen-bond donors (Lipinski definition) is 1. The molecule has 206 valence electrons. The van der Waals surface area contributed by atoms with E-state index in [0.29, 0.717) is 12.0 Å². The van der Waals surface area contributed by atoms with Crippen LogP contribution in [-0.2, 0) is 13.0 Å². The number of halogens is 1. The van der Waals surface area contributed by atoms with Gasteiger partial charge in [-0.15, -0.1) is 11.6 Å². The molecule has 0 amide bonds. The van der Waals surface area contributed by atoms with Gasteiger partial charge in [-0.25, -0.2) is 9.97 Å². The highest BCUT2D eigenvalue weighted by molar-refractivity contribution is 6.33. The summed E-state index contributed by atoms with van der Waals surface area (Å²) in [6, 6.07) is 4.77. The lowest BCUT2D eigenvalue weighted by atomic mass is 9.97. The maximum Gasteiger partial charge on any atom is 0.162 e. The molecule has 0 radical (unpaired) electrons. The van der Waals surface area contributed by atoms with Crippen molar-refractivity contribution >= 4 is 40.8 Å². The monoisotopic (exact) mass is 546 g/mol. The van der Waals surface area contributed by atoms with Crippen molar-refractivity contribution in [2.45, 2.75) is 90.2 Å². The number of hydrogen-bond acceptors (Lipinski definition) is 7. The van der Waals surface area contributed by atoms with Gasteiger partial charge in [0.05, 0.1) is 22.3 Å². The molecule has 2 aromatic heterocycles. The predicted molar refractivity (Wildman–Crippen MR) is 160 cm³/mol. The predicted octanol–water partition coefficient (Wildman–Crippen LogP) is 5.84. The molecule has 8 nitrogen and oxygen atoms in total. The lowest BCUT2D eigenvalue weighted by Gasteiger charge is -2.40. The van der Waals surface area contributed by atoms with E-state index in [1.165, 1.54) is 30.4 Å². The highest BCUT2D eigenvalue weighted by Gasteiger charge is 2.38. The number of aromatic nitrogens is 4. The normalized spacial score (nSPS) is 22.1. The molecule has 1 saturated carbocycles. The number of nitrogens with zero attached hydrogens (tertiary/aromatic N) is 7. The van der Waals surface area contributed by atoms with Crippen molar-refractivity contribution in [3.8, 4) is 11.4 Å². The van der Waals surface area contributed by atoms with E-state index in [4.69, 9.17) is 21.6 Å². The summed E-state index contributed by atoms with van der Waals surface area (Å²) in [4.78, 5) is 15.6. The number of anilines is 1. The van der Waals surface area contributed by atoms with Gasteiger partial charge in [-0.3, -0.25) is 10.00 Å². The zero-order chi connectivity index (χ0) is 27.3. The first-order valence-corrected chi connectivity index (χ1v) is 14.8. The number of alkyl halides is 1. The molecule has 3 unspecified atom stereocenters. The standard InChI is InChI=1S/C30H39ClN8/c1-17-9-12-24-26(19(3)35-36-24)25(17)29-33-23-13-15-38(20(4)27(31)28(37-32-5)21-10-11-21)16-22(23)30(34-29)39-14-7-6-8-18(39)2/h9,12,18,20-21,27H,5-8,10-11,13-16H2,1-4H3,(H,35,36)/b37-28+. The van der Waals surface area contributed by atoms with Gasteiger partial charge in [0.1, 0.15) is 5.82 Å². The van der Waals surface area contributed by atoms with Gasteiger partial charge >= 0.3 is 0 Å². The third-order valence-corrected chi connectivity index (χ3v) is 9.53. The summed E-state index contributed by atoms with van der Waals surface area (Å²) in [5.74, 6) is 2.35. The fourth-order valence-electron chi connectivity index (χ4n) is 6.44. The molecular formula is C30H39ClN8. The minimum Gasteiger partial charge on any atom is -0.354 e. The summed E-state index contributed by atoms with van der Waals surface area (Å²) in [6.07, 6.45) is 6.79. The van der Waals surface area contributed by atoms with Crippen molar-refractivity contribution in [3.05, 3.63) is 34.6 Å². The summed E-state index contributed by atoms with van der Waals surface area (Å²) < 4.78 is 0. The Kier molecular flexibility index (Phi) is 7.18. The average Bonchev–Trinajstić information content (AvgIpc) is 3.72. The molecule has 2 fully saturated rings. The Bertz CT molecular complexity index is 1420. The van der Waals surface area contributed by atoms with E-state index < -0.39 is 0 Å². The molecule has 9 heteroatoms. The van der Waals surface area contributed by atoms with Crippen LogP contribution in [0.2, 0.25) is 0 Å². The molecule has 3 aliphatic rings. The second-order valence-electron chi connectivity index (χ2n) is 11.6. The summed E-state index contributed by atoms with van der Waals surface area (Å²) >= 11 is 7.05. The van der Waals surface area contributed by atoms with Crippen LogP contribution < -0.4 is 4.90 Å². The summed E-state index contributed by atoms with van der Waals surface area (Å²) in [7, 11) is 0. The van der Waals surface area contributed by atoms with Gasteiger partial charge in [0, 0.05) is 73.0 Å². The first kappa shape index (κ1) is 26.4. The number of fused-ring (bicyclic) bond motifs is 2. The number of aryl methyl sites for hydroxylation is 2. The Morgan fingerprint density at radius 1 is 1.15 bits per heavy atom. The smallest absolute Gasteiger partial charge is 0.162 e. The molecule has 3 atom stereocenters. The van der Waals surface area contributed by atoms with E-state index in [9.17, 15) is 0 Å². The first-order valence-electron chi connectivity index (χ1n) is 14.4. The Balaban J connectivity index is 1.42. The van der Waals surface area contributed by atoms with Crippen molar-refractivity contribution in [2.75, 3.05) is 18.0 Å². The van der Waals surface area contributed by atoms with Crippen molar-refractivity contribution in [1.82, 2.24) is 25.1 Å². The topological polar surface area (TPSA) is 85.7 Å². The number of H-pyrrole nitrogens is 1. The Morgan fingerprint density at radius 2 is 1.97 bits per heavy atom. The summed E-state index contributed by atoms with van der Waals surface area (Å²) in [5, 5.41) is 16.8. The minimum atomic E-state index is -0.188. The van der Waals surface area contributed by atoms with Crippen molar-refractivity contribution in [1.29, 1.82) is 0 Å². The lowest BCUT2D eigenvalue weighted by Crippen LogP contribution is -2.47. The Hall–Kier alpha value is -2.84. The van der Waals surface area contributed by atoms with Crippen LogP contribution in [0.4, 0.5) is 5.82 Å². The van der Waals surface area contributed by atoms with Gasteiger partial charge in [0.2, 0.25) is 0 Å². The van der Waals surface area contributed by atoms with Gasteiger partial charge in [0.15, 0.2) is 5.82 Å². The Morgan fingerprint density at radius 3 is 2.72 bits per heavy atom. The highest BCUT2D eigenvalue weighted by Crippen LogP contribution is 2.39. The largest absolute Gasteiger partial charge is 0.354 e. The van der Waals surface area contributed by atoms with Gasteiger partial charge < -0.3 is 4.90 Å². The van der Waals surface area contributed by atoms with E-state index >= 15 is 0 Å². The molecular weight excluding hydrogens is 508 g/mol. The number of rotatable bonds is 7. The third-order valence-electron chi connectivity index (χ3n) is 8.94. The lowest BCUT2D eigenvalue weighted by molar-refractivity contribution is 0.194. The summed E-state index contributed by atoms with van der Waals surface area (Å²) in [5.41, 5.74) is 7.65. The van der Waals surface area contributed by atoms with Crippen molar-refractivity contribution < 1.29 is 0 Å². The maximum atomic E-state index is 7.05. The van der Waals surface area contributed by atoms with Crippen LogP contribution in [0.3, 0.4) is 0 Å². The van der Waals surface area contributed by atoms with Gasteiger partial charge in [-0.2, -0.15) is 15.3 Å². The van der Waals surface area contributed by atoms with Gasteiger partial charge in [0.25, 0.3) is 0 Å². The third kappa shape index (κ3) is 4.86. The van der Waals surface area contributed by atoms with Gasteiger partial charge in [-0.05, 0) is 71.4 Å². The molecule has 1 aromatic carbocycles. The van der Waals surface area contributed by atoms with Crippen LogP contribution in [0.1, 0.15) is 68.5 Å². The van der Waals surface area contributed by atoms with E-state index in [2.05, 4.69) is 76.7 Å². The average molecular weight is 547 g/mol. The molecule has 4 heterocycles. The van der Waals surface area contributed by atoms with Crippen LogP contribution in [0.15, 0.2) is 22.3 Å². The quantitative estimate of drug-likeness (QED) is 0.229. The molecule has 0 spiro atoms. The zero-order valence-electron chi connectivity index (χ0n) is 23.5. The van der Waals surface area contributed by atoms with Gasteiger partial charge in [-0.1, -0.05) is 6.07 Å². The van der Waals surface area contributed by atoms with Crippen LogP contribution in [0.25, 0.3) is 22.3 Å². The van der Waals surface area contributed by atoms with Crippen molar-refractivity contribution in [3.63, 3.8) is 0 Å². The minimum absolute atomic E-state index is 0.122. The fourth-order valence-corrected chi connectivity index (χ4v) is 6.82. The SMILES string of the molecule is C=N/N=C(\C1CC1)C(Cl)C(C)N1CCc2nc(-c3c(C)ccc4n[nH]c(C)c34)nc(N3CCCCC3C)c2C1. The number of benzene rings is 1. The second kappa shape index (κ2) is 10.6. The number of piperidine rings is 1. The Labute approximate surface area is 236 Å². The molecule has 39 heavy (non-hydrogen) atoms. The maximum absolute atomic E-state index is 7.05. The van der Waals surface area contributed by atoms with Crippen LogP contribution in [0.5, 0.6) is 0 Å². The summed E-state index contributed by atoms with van der Waals surface area (Å²) in [6.45, 7) is 15.1. The van der Waals surface area contributed by atoms with E-state index in [1.807, 2.05) is 0 Å². The fraction of sp³-hybridized carbons (Fsp3) is 0.567. The number of nitrogens with one attached hydrogen (secondary N) is 1. The first-order chi connectivity index (χ1) is 18.9. The highest BCUT2D eigenvalue weighted by atomic mass is 35.5. The van der Waals surface area contributed by atoms with Crippen LogP contribution >= 0.6 is 11.6 Å². The van der Waals surface area contributed by atoms with Crippen LogP contribution in [0, 0.1) is 19.8 Å². The molecule has 2 aliphatic heterocycles. The molecule has 6 rings (SSSR count). The molecule has 1 aliphatic carbocycles. The van der Waals surface area contributed by atoms with Crippen LogP contribution in [-0.4, -0.2) is 68.0 Å². The number of aromatic amines is 1.